The molecule has 0 bridgehead atoms. The Kier molecular flexibility index (Phi) is 6.41. The summed E-state index contributed by atoms with van der Waals surface area (Å²) in [6.07, 6.45) is 7.08. The lowest BCUT2D eigenvalue weighted by molar-refractivity contribution is 0.242. The summed E-state index contributed by atoms with van der Waals surface area (Å²) in [6, 6.07) is 6.87. The zero-order valence-corrected chi connectivity index (χ0v) is 14.1. The molecular weight excluding hydrogens is 298 g/mol. The standard InChI is InChI=1S/C17H27NO3S/c1-14-9-11-16(12-10-14)22(20,21)18-17(8-5-13-19)15-6-3-2-4-7-15/h9-12,15,17-19H,2-8,13H2,1H3. The summed E-state index contributed by atoms with van der Waals surface area (Å²) in [6.45, 7) is 2.05. The number of hydrogen-bond donors (Lipinski definition) is 2. The van der Waals surface area contributed by atoms with Crippen LogP contribution in [-0.2, 0) is 10.0 Å². The molecule has 2 N–H and O–H groups in total. The fraction of sp³-hybridized carbons (Fsp3) is 0.647. The molecule has 1 aromatic rings. The maximum atomic E-state index is 12.6. The van der Waals surface area contributed by atoms with Gasteiger partial charge in [-0.25, -0.2) is 13.1 Å². The van der Waals surface area contributed by atoms with Crippen molar-refractivity contribution in [2.24, 2.45) is 5.92 Å². The molecule has 0 amide bonds. The van der Waals surface area contributed by atoms with Crippen molar-refractivity contribution in [2.75, 3.05) is 6.61 Å². The fourth-order valence-corrected chi connectivity index (χ4v) is 4.56. The van der Waals surface area contributed by atoms with Crippen molar-refractivity contribution in [1.29, 1.82) is 0 Å². The summed E-state index contributed by atoms with van der Waals surface area (Å²) in [5, 5.41) is 9.08. The van der Waals surface area contributed by atoms with Gasteiger partial charge in [0, 0.05) is 12.6 Å². The van der Waals surface area contributed by atoms with E-state index in [1.54, 1.807) is 12.1 Å². The highest BCUT2D eigenvalue weighted by Crippen LogP contribution is 2.29. The lowest BCUT2D eigenvalue weighted by Gasteiger charge is -2.30. The molecule has 0 saturated heterocycles. The highest BCUT2D eigenvalue weighted by molar-refractivity contribution is 7.89. The van der Waals surface area contributed by atoms with Crippen molar-refractivity contribution in [3.8, 4) is 0 Å². The molecule has 0 aliphatic heterocycles. The first-order valence-corrected chi connectivity index (χ1v) is 9.71. The average Bonchev–Trinajstić information content (AvgIpc) is 2.52. The van der Waals surface area contributed by atoms with Crippen LogP contribution >= 0.6 is 0 Å². The molecule has 22 heavy (non-hydrogen) atoms. The third kappa shape index (κ3) is 4.80. The van der Waals surface area contributed by atoms with Crippen LogP contribution in [0.1, 0.15) is 50.5 Å². The maximum Gasteiger partial charge on any atom is 0.240 e. The van der Waals surface area contributed by atoms with E-state index in [1.807, 2.05) is 19.1 Å². The average molecular weight is 325 g/mol. The van der Waals surface area contributed by atoms with Gasteiger partial charge in [-0.2, -0.15) is 0 Å². The van der Waals surface area contributed by atoms with E-state index < -0.39 is 10.0 Å². The topological polar surface area (TPSA) is 66.4 Å². The van der Waals surface area contributed by atoms with Gasteiger partial charge < -0.3 is 5.11 Å². The molecule has 1 aliphatic rings. The van der Waals surface area contributed by atoms with Crippen molar-refractivity contribution in [2.45, 2.75) is 62.8 Å². The van der Waals surface area contributed by atoms with Crippen LogP contribution in [0.3, 0.4) is 0 Å². The summed E-state index contributed by atoms with van der Waals surface area (Å²) in [5.74, 6) is 0.389. The SMILES string of the molecule is Cc1ccc(S(=O)(=O)NC(CCCO)C2CCCCC2)cc1. The van der Waals surface area contributed by atoms with Crippen molar-refractivity contribution in [1.82, 2.24) is 4.72 Å². The Hall–Kier alpha value is -0.910. The van der Waals surface area contributed by atoms with Crippen LogP contribution < -0.4 is 4.72 Å². The highest BCUT2D eigenvalue weighted by Gasteiger charge is 2.27. The van der Waals surface area contributed by atoms with Gasteiger partial charge in [-0.05, 0) is 50.7 Å². The van der Waals surface area contributed by atoms with E-state index in [0.717, 1.165) is 18.4 Å². The van der Waals surface area contributed by atoms with Crippen LogP contribution in [0.5, 0.6) is 0 Å². The molecular formula is C17H27NO3S. The molecule has 0 radical (unpaired) electrons. The second-order valence-corrected chi connectivity index (χ2v) is 8.02. The minimum atomic E-state index is -3.49. The van der Waals surface area contributed by atoms with Crippen LogP contribution in [0, 0.1) is 12.8 Å². The first-order chi connectivity index (χ1) is 10.5. The van der Waals surface area contributed by atoms with Gasteiger partial charge in [0.05, 0.1) is 4.90 Å². The molecule has 0 heterocycles. The number of rotatable bonds is 7. The quantitative estimate of drug-likeness (QED) is 0.810. The minimum absolute atomic E-state index is 0.0706. The smallest absolute Gasteiger partial charge is 0.240 e. The third-order valence-electron chi connectivity index (χ3n) is 4.53. The molecule has 1 saturated carbocycles. The van der Waals surface area contributed by atoms with Crippen LogP contribution in [0.2, 0.25) is 0 Å². The minimum Gasteiger partial charge on any atom is -0.396 e. The Labute approximate surface area is 134 Å². The largest absolute Gasteiger partial charge is 0.396 e. The fourth-order valence-electron chi connectivity index (χ4n) is 3.22. The molecule has 1 unspecified atom stereocenters. The van der Waals surface area contributed by atoms with Crippen molar-refractivity contribution in [3.05, 3.63) is 29.8 Å². The van der Waals surface area contributed by atoms with Gasteiger partial charge in [0.1, 0.15) is 0 Å². The highest BCUT2D eigenvalue weighted by atomic mass is 32.2. The van der Waals surface area contributed by atoms with Crippen molar-refractivity contribution in [3.63, 3.8) is 0 Å². The number of aliphatic hydroxyl groups is 1. The first kappa shape index (κ1) is 17.4. The zero-order chi connectivity index (χ0) is 16.0. The van der Waals surface area contributed by atoms with Gasteiger partial charge in [-0.1, -0.05) is 37.0 Å². The normalized spacial score (nSPS) is 18.3. The summed E-state index contributed by atoms with van der Waals surface area (Å²) in [7, 11) is -3.49. The molecule has 5 heteroatoms. The van der Waals surface area contributed by atoms with Gasteiger partial charge in [0.25, 0.3) is 0 Å². The van der Waals surface area contributed by atoms with Crippen molar-refractivity contribution < 1.29 is 13.5 Å². The number of hydrogen-bond acceptors (Lipinski definition) is 3. The Balaban J connectivity index is 2.11. The molecule has 0 aromatic heterocycles. The molecule has 1 aromatic carbocycles. The number of aryl methyl sites for hydroxylation is 1. The van der Waals surface area contributed by atoms with Crippen molar-refractivity contribution >= 4 is 10.0 Å². The Morgan fingerprint density at radius 2 is 1.82 bits per heavy atom. The second-order valence-electron chi connectivity index (χ2n) is 6.30. The third-order valence-corrected chi connectivity index (χ3v) is 6.04. The van der Waals surface area contributed by atoms with Crippen LogP contribution in [0.25, 0.3) is 0 Å². The Bertz CT molecular complexity index is 548. The van der Waals surface area contributed by atoms with E-state index in [-0.39, 0.29) is 12.6 Å². The van der Waals surface area contributed by atoms with E-state index >= 15 is 0 Å². The van der Waals surface area contributed by atoms with E-state index in [4.69, 9.17) is 5.11 Å². The second kappa shape index (κ2) is 8.09. The molecule has 1 aliphatic carbocycles. The van der Waals surface area contributed by atoms with Crippen LogP contribution in [0.15, 0.2) is 29.2 Å². The maximum absolute atomic E-state index is 12.6. The first-order valence-electron chi connectivity index (χ1n) is 8.23. The summed E-state index contributed by atoms with van der Waals surface area (Å²) < 4.78 is 28.1. The monoisotopic (exact) mass is 325 g/mol. The number of benzene rings is 1. The van der Waals surface area contributed by atoms with Gasteiger partial charge in [-0.15, -0.1) is 0 Å². The molecule has 1 fully saturated rings. The predicted molar refractivity (Wildman–Crippen MR) is 88.2 cm³/mol. The van der Waals surface area contributed by atoms with Gasteiger partial charge >= 0.3 is 0 Å². The molecule has 124 valence electrons. The number of aliphatic hydroxyl groups excluding tert-OH is 1. The van der Waals surface area contributed by atoms with E-state index in [0.29, 0.717) is 23.7 Å². The number of sulfonamides is 1. The van der Waals surface area contributed by atoms with Gasteiger partial charge in [0.2, 0.25) is 10.0 Å². The van der Waals surface area contributed by atoms with Crippen LogP contribution in [-0.4, -0.2) is 26.2 Å². The van der Waals surface area contributed by atoms with Gasteiger partial charge in [0.15, 0.2) is 0 Å². The Morgan fingerprint density at radius 1 is 1.18 bits per heavy atom. The van der Waals surface area contributed by atoms with E-state index in [9.17, 15) is 8.42 Å². The molecule has 4 nitrogen and oxygen atoms in total. The van der Waals surface area contributed by atoms with Crippen LogP contribution in [0.4, 0.5) is 0 Å². The molecule has 2 rings (SSSR count). The zero-order valence-electron chi connectivity index (χ0n) is 13.3. The lowest BCUT2D eigenvalue weighted by atomic mass is 9.83. The van der Waals surface area contributed by atoms with E-state index in [2.05, 4.69) is 4.72 Å². The molecule has 0 spiro atoms. The Morgan fingerprint density at radius 3 is 2.41 bits per heavy atom. The van der Waals surface area contributed by atoms with Gasteiger partial charge in [-0.3, -0.25) is 0 Å². The summed E-state index contributed by atoms with van der Waals surface area (Å²) in [5.41, 5.74) is 1.04. The molecule has 1 atom stereocenters. The number of nitrogens with one attached hydrogen (secondary N) is 1. The lowest BCUT2D eigenvalue weighted by Crippen LogP contribution is -2.41. The summed E-state index contributed by atoms with van der Waals surface area (Å²) in [4.78, 5) is 0.322. The summed E-state index contributed by atoms with van der Waals surface area (Å²) >= 11 is 0. The predicted octanol–water partition coefficient (Wildman–Crippen LogP) is 2.99. The van der Waals surface area contributed by atoms with E-state index in [1.165, 1.54) is 19.3 Å².